The van der Waals surface area contributed by atoms with Crippen LogP contribution in [0.4, 0.5) is 11.4 Å². The maximum absolute atomic E-state index is 3.57. The van der Waals surface area contributed by atoms with E-state index >= 15 is 0 Å². The van der Waals surface area contributed by atoms with Crippen LogP contribution in [0.25, 0.3) is 0 Å². The molecule has 0 radical (unpaired) electrons. The molecule has 4 rings (SSSR count). The van der Waals surface area contributed by atoms with Gasteiger partial charge in [0.25, 0.3) is 0 Å². The minimum Gasteiger partial charge on any atom is -0.381 e. The third-order valence-electron chi connectivity index (χ3n) is 4.67. The molecule has 0 unspecified atom stereocenters. The first kappa shape index (κ1) is 11.8. The molecule has 20 heavy (non-hydrogen) atoms. The Hall–Kier alpha value is -1.96. The van der Waals surface area contributed by atoms with Crippen molar-refractivity contribution in [3.8, 4) is 0 Å². The van der Waals surface area contributed by atoms with Crippen molar-refractivity contribution in [1.82, 2.24) is 0 Å². The summed E-state index contributed by atoms with van der Waals surface area (Å²) in [5.74, 6) is 0. The summed E-state index contributed by atoms with van der Waals surface area (Å²) in [6, 6.07) is 18.9. The molecule has 1 saturated heterocycles. The number of aryl methyl sites for hydroxylation is 1. The molecule has 0 spiro atoms. The molecule has 0 bridgehead atoms. The van der Waals surface area contributed by atoms with Gasteiger partial charge in [-0.2, -0.15) is 0 Å². The quantitative estimate of drug-likeness (QED) is 0.833. The Morgan fingerprint density at radius 2 is 1.80 bits per heavy atom. The Balaban J connectivity index is 1.75. The van der Waals surface area contributed by atoms with Crippen molar-refractivity contribution in [2.75, 3.05) is 16.8 Å². The maximum Gasteiger partial charge on any atom is 0.0610 e. The van der Waals surface area contributed by atoms with Gasteiger partial charge in [-0.3, -0.25) is 0 Å². The fourth-order valence-electron chi connectivity index (χ4n) is 3.64. The topological polar surface area (TPSA) is 15.3 Å². The number of fused-ring (bicyclic) bond motifs is 3. The SMILES string of the molecule is Cc1ccc([C@@H]2CC[C@@H]3CNc4ccccc4N32)cc1. The number of anilines is 2. The van der Waals surface area contributed by atoms with Crippen LogP contribution in [0.15, 0.2) is 48.5 Å². The number of hydrogen-bond donors (Lipinski definition) is 1. The van der Waals surface area contributed by atoms with E-state index in [1.807, 2.05) is 0 Å². The van der Waals surface area contributed by atoms with E-state index in [0.29, 0.717) is 12.1 Å². The monoisotopic (exact) mass is 264 g/mol. The van der Waals surface area contributed by atoms with Crippen LogP contribution >= 0.6 is 0 Å². The van der Waals surface area contributed by atoms with Crippen molar-refractivity contribution in [2.45, 2.75) is 31.8 Å². The minimum atomic E-state index is 0.531. The maximum atomic E-state index is 3.57. The largest absolute Gasteiger partial charge is 0.381 e. The molecule has 2 aromatic rings. The van der Waals surface area contributed by atoms with Crippen LogP contribution < -0.4 is 10.2 Å². The van der Waals surface area contributed by atoms with Gasteiger partial charge in [-0.1, -0.05) is 42.0 Å². The molecular formula is C18H20N2. The lowest BCUT2D eigenvalue weighted by atomic mass is 10.0. The molecule has 0 saturated carbocycles. The summed E-state index contributed by atoms with van der Waals surface area (Å²) in [5.41, 5.74) is 5.44. The highest BCUT2D eigenvalue weighted by atomic mass is 15.3. The van der Waals surface area contributed by atoms with Gasteiger partial charge >= 0.3 is 0 Å². The van der Waals surface area contributed by atoms with Gasteiger partial charge in [-0.25, -0.2) is 0 Å². The highest BCUT2D eigenvalue weighted by Crippen LogP contribution is 2.45. The van der Waals surface area contributed by atoms with E-state index in [4.69, 9.17) is 0 Å². The molecule has 2 heterocycles. The first-order valence-corrected chi connectivity index (χ1v) is 7.51. The average Bonchev–Trinajstić information content (AvgIpc) is 2.92. The predicted molar refractivity (Wildman–Crippen MR) is 84.4 cm³/mol. The first-order chi connectivity index (χ1) is 9.83. The van der Waals surface area contributed by atoms with Crippen LogP contribution in [0, 0.1) is 6.92 Å². The Bertz CT molecular complexity index is 618. The minimum absolute atomic E-state index is 0.531. The second-order valence-electron chi connectivity index (χ2n) is 5.96. The van der Waals surface area contributed by atoms with E-state index in [9.17, 15) is 0 Å². The lowest BCUT2D eigenvalue weighted by Crippen LogP contribution is -2.40. The zero-order valence-corrected chi connectivity index (χ0v) is 11.8. The van der Waals surface area contributed by atoms with E-state index in [2.05, 4.69) is 65.7 Å². The fourth-order valence-corrected chi connectivity index (χ4v) is 3.64. The van der Waals surface area contributed by atoms with E-state index < -0.39 is 0 Å². The number of nitrogens with one attached hydrogen (secondary N) is 1. The molecule has 2 nitrogen and oxygen atoms in total. The zero-order chi connectivity index (χ0) is 13.5. The van der Waals surface area contributed by atoms with Crippen molar-refractivity contribution < 1.29 is 0 Å². The van der Waals surface area contributed by atoms with Crippen molar-refractivity contribution in [3.63, 3.8) is 0 Å². The number of benzene rings is 2. The lowest BCUT2D eigenvalue weighted by Gasteiger charge is -2.38. The third kappa shape index (κ3) is 1.79. The lowest BCUT2D eigenvalue weighted by molar-refractivity contribution is 0.649. The normalized spacial score (nSPS) is 23.9. The molecule has 2 aliphatic rings. The summed E-state index contributed by atoms with van der Waals surface area (Å²) in [7, 11) is 0. The van der Waals surface area contributed by atoms with Gasteiger partial charge < -0.3 is 10.2 Å². The number of nitrogens with zero attached hydrogens (tertiary/aromatic N) is 1. The Morgan fingerprint density at radius 3 is 2.65 bits per heavy atom. The molecule has 2 heteroatoms. The summed E-state index contributed by atoms with van der Waals surface area (Å²) in [5, 5.41) is 3.57. The van der Waals surface area contributed by atoms with Crippen LogP contribution in [0.3, 0.4) is 0 Å². The van der Waals surface area contributed by atoms with Crippen molar-refractivity contribution in [3.05, 3.63) is 59.7 Å². The van der Waals surface area contributed by atoms with Crippen LogP contribution in [0.1, 0.15) is 30.0 Å². The van der Waals surface area contributed by atoms with Gasteiger partial charge in [-0.05, 0) is 37.5 Å². The molecule has 0 aromatic heterocycles. The van der Waals surface area contributed by atoms with Crippen molar-refractivity contribution in [1.29, 1.82) is 0 Å². The Morgan fingerprint density at radius 1 is 1.00 bits per heavy atom. The number of hydrogen-bond acceptors (Lipinski definition) is 2. The molecular weight excluding hydrogens is 244 g/mol. The van der Waals surface area contributed by atoms with E-state index in [1.54, 1.807) is 0 Å². The van der Waals surface area contributed by atoms with E-state index in [-0.39, 0.29) is 0 Å². The van der Waals surface area contributed by atoms with Crippen molar-refractivity contribution in [2.24, 2.45) is 0 Å². The Kier molecular flexibility index (Phi) is 2.69. The molecule has 2 atom stereocenters. The molecule has 102 valence electrons. The molecule has 1 fully saturated rings. The van der Waals surface area contributed by atoms with Crippen LogP contribution in [0.5, 0.6) is 0 Å². The van der Waals surface area contributed by atoms with Gasteiger partial charge in [0.1, 0.15) is 0 Å². The molecule has 1 N–H and O–H groups in total. The molecule has 2 aromatic carbocycles. The molecule has 2 aliphatic heterocycles. The van der Waals surface area contributed by atoms with Gasteiger partial charge in [0, 0.05) is 12.6 Å². The van der Waals surface area contributed by atoms with Gasteiger partial charge in [0.2, 0.25) is 0 Å². The third-order valence-corrected chi connectivity index (χ3v) is 4.67. The fraction of sp³-hybridized carbons (Fsp3) is 0.333. The molecule has 0 amide bonds. The van der Waals surface area contributed by atoms with Crippen LogP contribution in [0.2, 0.25) is 0 Å². The molecule has 0 aliphatic carbocycles. The smallest absolute Gasteiger partial charge is 0.0610 e. The first-order valence-electron chi connectivity index (χ1n) is 7.51. The summed E-state index contributed by atoms with van der Waals surface area (Å²) >= 11 is 0. The highest BCUT2D eigenvalue weighted by Gasteiger charge is 2.37. The van der Waals surface area contributed by atoms with Crippen LogP contribution in [-0.2, 0) is 0 Å². The van der Waals surface area contributed by atoms with E-state index in [0.717, 1.165) is 6.54 Å². The van der Waals surface area contributed by atoms with Gasteiger partial charge in [-0.15, -0.1) is 0 Å². The van der Waals surface area contributed by atoms with Crippen LogP contribution in [-0.4, -0.2) is 12.6 Å². The zero-order valence-electron chi connectivity index (χ0n) is 11.8. The summed E-state index contributed by atoms with van der Waals surface area (Å²) in [6.45, 7) is 3.22. The van der Waals surface area contributed by atoms with E-state index in [1.165, 1.54) is 35.3 Å². The number of rotatable bonds is 1. The average molecular weight is 264 g/mol. The highest BCUT2D eigenvalue weighted by molar-refractivity contribution is 5.74. The second kappa shape index (κ2) is 4.55. The second-order valence-corrected chi connectivity index (χ2v) is 5.96. The Labute approximate surface area is 120 Å². The summed E-state index contributed by atoms with van der Waals surface area (Å²) < 4.78 is 0. The number of para-hydroxylation sites is 2. The van der Waals surface area contributed by atoms with Gasteiger partial charge in [0.05, 0.1) is 17.4 Å². The standard InChI is InChI=1S/C18H20N2/c1-13-6-8-14(9-7-13)17-11-10-15-12-19-16-4-2-3-5-18(16)20(15)17/h2-9,15,17,19H,10-12H2,1H3/t15-,17+/m1/s1. The summed E-state index contributed by atoms with van der Waals surface area (Å²) in [4.78, 5) is 2.64. The summed E-state index contributed by atoms with van der Waals surface area (Å²) in [6.07, 6.45) is 2.53. The van der Waals surface area contributed by atoms with Crippen molar-refractivity contribution >= 4 is 11.4 Å². The predicted octanol–water partition coefficient (Wildman–Crippen LogP) is 4.13. The van der Waals surface area contributed by atoms with Gasteiger partial charge in [0.15, 0.2) is 0 Å².